The van der Waals surface area contributed by atoms with Gasteiger partial charge in [-0.2, -0.15) is 0 Å². The van der Waals surface area contributed by atoms with E-state index in [0.29, 0.717) is 0 Å². The first-order valence-electron chi connectivity index (χ1n) is 11.1. The Morgan fingerprint density at radius 3 is 2.19 bits per heavy atom. The molecule has 0 atom stereocenters. The Bertz CT molecular complexity index is 1090. The molecular formula is C27H32N2O2. The highest BCUT2D eigenvalue weighted by Crippen LogP contribution is 2.23. The van der Waals surface area contributed by atoms with Crippen molar-refractivity contribution in [2.75, 3.05) is 5.32 Å². The SMILES string of the molecule is CCc1cccc(CC)c1NC(=O)c1c(C)n(CCCc2ccccc2)c(C)cc1=O. The molecule has 0 radical (unpaired) electrons. The third-order valence-corrected chi connectivity index (χ3v) is 5.93. The van der Waals surface area contributed by atoms with Gasteiger partial charge in [0.25, 0.3) is 5.91 Å². The standard InChI is InChI=1S/C27H32N2O2/c1-5-22-15-10-16-23(6-2)26(22)28-27(31)25-20(4)29(19(3)18-24(25)30)17-11-14-21-12-8-7-9-13-21/h7-10,12-13,15-16,18H,5-6,11,14,17H2,1-4H3,(H,28,31). The van der Waals surface area contributed by atoms with Gasteiger partial charge in [-0.05, 0) is 56.2 Å². The summed E-state index contributed by atoms with van der Waals surface area (Å²) in [6.07, 6.45) is 3.53. The van der Waals surface area contributed by atoms with E-state index in [4.69, 9.17) is 0 Å². The Balaban J connectivity index is 1.87. The minimum atomic E-state index is -0.324. The Labute approximate surface area is 184 Å². The fourth-order valence-electron chi connectivity index (χ4n) is 4.20. The molecule has 0 spiro atoms. The summed E-state index contributed by atoms with van der Waals surface area (Å²) in [5.74, 6) is -0.324. The second kappa shape index (κ2) is 10.3. The van der Waals surface area contributed by atoms with Crippen molar-refractivity contribution in [3.05, 3.63) is 98.5 Å². The number of hydrogen-bond acceptors (Lipinski definition) is 2. The zero-order chi connectivity index (χ0) is 22.4. The number of carbonyl (C=O) groups is 1. The molecule has 0 aliphatic rings. The third-order valence-electron chi connectivity index (χ3n) is 5.93. The molecule has 3 aromatic rings. The molecule has 0 saturated heterocycles. The molecular weight excluding hydrogens is 384 g/mol. The minimum absolute atomic E-state index is 0.223. The predicted octanol–water partition coefficient (Wildman–Crippen LogP) is 5.48. The lowest BCUT2D eigenvalue weighted by Gasteiger charge is -2.19. The largest absolute Gasteiger partial charge is 0.348 e. The van der Waals surface area contributed by atoms with Crippen LogP contribution >= 0.6 is 0 Å². The summed E-state index contributed by atoms with van der Waals surface area (Å²) in [7, 11) is 0. The Morgan fingerprint density at radius 1 is 0.935 bits per heavy atom. The zero-order valence-electron chi connectivity index (χ0n) is 19.0. The smallest absolute Gasteiger partial charge is 0.261 e. The molecule has 0 unspecified atom stereocenters. The van der Waals surface area contributed by atoms with E-state index in [-0.39, 0.29) is 16.9 Å². The number of benzene rings is 2. The van der Waals surface area contributed by atoms with E-state index in [9.17, 15) is 9.59 Å². The average Bonchev–Trinajstić information content (AvgIpc) is 2.76. The lowest BCUT2D eigenvalue weighted by molar-refractivity contribution is 0.102. The summed E-state index contributed by atoms with van der Waals surface area (Å²) < 4.78 is 2.09. The number of carbonyl (C=O) groups excluding carboxylic acids is 1. The molecule has 0 saturated carbocycles. The second-order valence-corrected chi connectivity index (χ2v) is 7.96. The van der Waals surface area contributed by atoms with Gasteiger partial charge in [-0.15, -0.1) is 0 Å². The Morgan fingerprint density at radius 2 is 1.58 bits per heavy atom. The first-order chi connectivity index (χ1) is 15.0. The van der Waals surface area contributed by atoms with Crippen LogP contribution in [0.1, 0.15) is 58.7 Å². The fourth-order valence-corrected chi connectivity index (χ4v) is 4.20. The number of amides is 1. The van der Waals surface area contributed by atoms with Crippen molar-refractivity contribution in [2.45, 2.75) is 59.9 Å². The van der Waals surface area contributed by atoms with Gasteiger partial charge in [0.15, 0.2) is 5.43 Å². The van der Waals surface area contributed by atoms with Crippen LogP contribution in [0.5, 0.6) is 0 Å². The summed E-state index contributed by atoms with van der Waals surface area (Å²) in [5.41, 5.74) is 5.92. The van der Waals surface area contributed by atoms with Crippen molar-refractivity contribution in [3.63, 3.8) is 0 Å². The molecule has 31 heavy (non-hydrogen) atoms. The summed E-state index contributed by atoms with van der Waals surface area (Å²) in [6.45, 7) is 8.71. The fraction of sp³-hybridized carbons (Fsp3) is 0.333. The molecule has 1 heterocycles. The van der Waals surface area contributed by atoms with Crippen LogP contribution in [0.15, 0.2) is 59.4 Å². The van der Waals surface area contributed by atoms with E-state index in [1.807, 2.05) is 50.2 Å². The van der Waals surface area contributed by atoms with E-state index >= 15 is 0 Å². The van der Waals surface area contributed by atoms with Crippen LogP contribution in [-0.4, -0.2) is 10.5 Å². The van der Waals surface area contributed by atoms with Gasteiger partial charge in [0, 0.05) is 29.7 Å². The number of aromatic nitrogens is 1. The monoisotopic (exact) mass is 416 g/mol. The summed E-state index contributed by atoms with van der Waals surface area (Å²) >= 11 is 0. The Hall–Kier alpha value is -3.14. The number of nitrogens with zero attached hydrogens (tertiary/aromatic N) is 1. The molecule has 0 aliphatic carbocycles. The van der Waals surface area contributed by atoms with Gasteiger partial charge >= 0.3 is 0 Å². The molecule has 1 amide bonds. The number of anilines is 1. The Kier molecular flexibility index (Phi) is 7.45. The van der Waals surface area contributed by atoms with E-state index in [1.54, 1.807) is 6.07 Å². The highest BCUT2D eigenvalue weighted by molar-refractivity contribution is 6.05. The average molecular weight is 417 g/mol. The van der Waals surface area contributed by atoms with Crippen LogP contribution in [0.25, 0.3) is 0 Å². The van der Waals surface area contributed by atoms with Crippen LogP contribution in [-0.2, 0) is 25.8 Å². The van der Waals surface area contributed by atoms with Crippen molar-refractivity contribution in [1.29, 1.82) is 0 Å². The lowest BCUT2D eigenvalue weighted by Crippen LogP contribution is -2.27. The molecule has 2 aromatic carbocycles. The number of para-hydroxylation sites is 1. The van der Waals surface area contributed by atoms with Crippen molar-refractivity contribution in [1.82, 2.24) is 4.57 Å². The number of aryl methyl sites for hydroxylation is 4. The first kappa shape index (κ1) is 22.5. The zero-order valence-corrected chi connectivity index (χ0v) is 19.0. The van der Waals surface area contributed by atoms with Gasteiger partial charge in [0.05, 0.1) is 0 Å². The molecule has 162 valence electrons. The van der Waals surface area contributed by atoms with Crippen LogP contribution in [0.3, 0.4) is 0 Å². The third kappa shape index (κ3) is 5.13. The van der Waals surface area contributed by atoms with Gasteiger partial charge in [-0.3, -0.25) is 9.59 Å². The lowest BCUT2D eigenvalue weighted by atomic mass is 10.0. The number of nitrogens with one attached hydrogen (secondary N) is 1. The van der Waals surface area contributed by atoms with E-state index in [1.165, 1.54) is 5.56 Å². The number of rotatable bonds is 8. The maximum absolute atomic E-state index is 13.2. The summed E-state index contributed by atoms with van der Waals surface area (Å²) in [4.78, 5) is 26.0. The van der Waals surface area contributed by atoms with Crippen molar-refractivity contribution in [2.24, 2.45) is 0 Å². The summed E-state index contributed by atoms with van der Waals surface area (Å²) in [5, 5.41) is 3.06. The predicted molar refractivity (Wildman–Crippen MR) is 128 cm³/mol. The van der Waals surface area contributed by atoms with Crippen molar-refractivity contribution in [3.8, 4) is 0 Å². The normalized spacial score (nSPS) is 10.8. The van der Waals surface area contributed by atoms with Gasteiger partial charge in [0.1, 0.15) is 5.56 Å². The molecule has 0 aliphatic heterocycles. The molecule has 3 rings (SSSR count). The molecule has 4 nitrogen and oxygen atoms in total. The molecule has 1 N–H and O–H groups in total. The van der Waals surface area contributed by atoms with Gasteiger partial charge in [-0.25, -0.2) is 0 Å². The van der Waals surface area contributed by atoms with Crippen molar-refractivity contribution >= 4 is 11.6 Å². The molecule has 0 bridgehead atoms. The highest BCUT2D eigenvalue weighted by atomic mass is 16.2. The van der Waals surface area contributed by atoms with E-state index in [0.717, 1.165) is 60.4 Å². The minimum Gasteiger partial charge on any atom is -0.348 e. The van der Waals surface area contributed by atoms with Crippen LogP contribution in [0.2, 0.25) is 0 Å². The van der Waals surface area contributed by atoms with E-state index in [2.05, 4.69) is 35.9 Å². The van der Waals surface area contributed by atoms with Crippen LogP contribution < -0.4 is 10.7 Å². The quantitative estimate of drug-likeness (QED) is 0.529. The highest BCUT2D eigenvalue weighted by Gasteiger charge is 2.19. The van der Waals surface area contributed by atoms with Gasteiger partial charge in [0.2, 0.25) is 0 Å². The molecule has 4 heteroatoms. The molecule has 1 aromatic heterocycles. The van der Waals surface area contributed by atoms with Crippen LogP contribution in [0.4, 0.5) is 5.69 Å². The van der Waals surface area contributed by atoms with Gasteiger partial charge in [-0.1, -0.05) is 62.4 Å². The second-order valence-electron chi connectivity index (χ2n) is 7.96. The van der Waals surface area contributed by atoms with Gasteiger partial charge < -0.3 is 9.88 Å². The summed E-state index contributed by atoms with van der Waals surface area (Å²) in [6, 6.07) is 18.0. The maximum Gasteiger partial charge on any atom is 0.261 e. The van der Waals surface area contributed by atoms with Crippen molar-refractivity contribution < 1.29 is 4.79 Å². The maximum atomic E-state index is 13.2. The first-order valence-corrected chi connectivity index (χ1v) is 11.1. The number of hydrogen-bond donors (Lipinski definition) is 1. The molecule has 0 fully saturated rings. The van der Waals surface area contributed by atoms with E-state index < -0.39 is 0 Å². The van der Waals surface area contributed by atoms with Crippen LogP contribution in [0, 0.1) is 13.8 Å². The number of pyridine rings is 1. The topological polar surface area (TPSA) is 51.1 Å².